The monoisotopic (exact) mass is 237 g/mol. The summed E-state index contributed by atoms with van der Waals surface area (Å²) in [4.78, 5) is 32.4. The van der Waals surface area contributed by atoms with Crippen molar-refractivity contribution in [3.8, 4) is 5.75 Å². The molecule has 0 amide bonds. The van der Waals surface area contributed by atoms with Crippen LogP contribution in [0.25, 0.3) is 0 Å². The third-order valence-corrected chi connectivity index (χ3v) is 2.39. The number of rotatable bonds is 2. The van der Waals surface area contributed by atoms with Gasteiger partial charge in [0.2, 0.25) is 0 Å². The number of Topliss-reactive ketones (excluding diaryl/α,β-unsaturated/α-hetero) is 1. The zero-order chi connectivity index (χ0) is 12.6. The lowest BCUT2D eigenvalue weighted by atomic mass is 10.00. The third kappa shape index (κ3) is 1.82. The maximum Gasteiger partial charge on any atom is 0.339 e. The summed E-state index contributed by atoms with van der Waals surface area (Å²) in [6, 6.07) is 1.93. The summed E-state index contributed by atoms with van der Waals surface area (Å²) in [7, 11) is 0. The predicted molar refractivity (Wildman–Crippen MR) is 54.5 cm³/mol. The van der Waals surface area contributed by atoms with Crippen LogP contribution in [0.3, 0.4) is 0 Å². The molecule has 0 fully saturated rings. The Morgan fingerprint density at radius 1 is 1.47 bits per heavy atom. The first-order chi connectivity index (χ1) is 8.00. The molecule has 17 heavy (non-hydrogen) atoms. The molecule has 1 N–H and O–H groups in total. The molecule has 1 aliphatic heterocycles. The number of hydrogen-bond donors (Lipinski definition) is 1. The molecular formula is C10H7NO6. The van der Waals surface area contributed by atoms with Crippen LogP contribution in [-0.4, -0.2) is 28.4 Å². The van der Waals surface area contributed by atoms with Crippen LogP contribution in [0.1, 0.15) is 27.1 Å². The van der Waals surface area contributed by atoms with Gasteiger partial charge in [0.15, 0.2) is 5.78 Å². The smallest absolute Gasteiger partial charge is 0.339 e. The summed E-state index contributed by atoms with van der Waals surface area (Å²) >= 11 is 0. The first-order valence-corrected chi connectivity index (χ1v) is 4.72. The van der Waals surface area contributed by atoms with E-state index in [4.69, 9.17) is 9.84 Å². The molecule has 0 radical (unpaired) electrons. The molecule has 1 aromatic rings. The second kappa shape index (κ2) is 3.85. The van der Waals surface area contributed by atoms with E-state index >= 15 is 0 Å². The van der Waals surface area contributed by atoms with E-state index in [2.05, 4.69) is 0 Å². The van der Waals surface area contributed by atoms with Gasteiger partial charge in [0.25, 0.3) is 5.69 Å². The van der Waals surface area contributed by atoms with Crippen LogP contribution in [0.15, 0.2) is 12.1 Å². The number of benzene rings is 1. The summed E-state index contributed by atoms with van der Waals surface area (Å²) in [5, 5.41) is 19.5. The van der Waals surface area contributed by atoms with Crippen molar-refractivity contribution in [3.05, 3.63) is 33.4 Å². The van der Waals surface area contributed by atoms with Gasteiger partial charge in [-0.2, -0.15) is 0 Å². The third-order valence-electron chi connectivity index (χ3n) is 2.39. The highest BCUT2D eigenvalue weighted by molar-refractivity contribution is 6.04. The largest absolute Gasteiger partial charge is 0.491 e. The van der Waals surface area contributed by atoms with Crippen LogP contribution in [0.5, 0.6) is 5.75 Å². The minimum Gasteiger partial charge on any atom is -0.491 e. The standard InChI is InChI=1S/C10H7NO6/c12-8-1-2-17-9-6(8)3-5(11(15)16)4-7(9)10(13)14/h3-4H,1-2H2,(H,13,14). The van der Waals surface area contributed by atoms with Crippen molar-refractivity contribution in [2.24, 2.45) is 0 Å². The van der Waals surface area contributed by atoms with Gasteiger partial charge < -0.3 is 9.84 Å². The molecule has 0 spiro atoms. The fourth-order valence-corrected chi connectivity index (χ4v) is 1.62. The summed E-state index contributed by atoms with van der Waals surface area (Å²) in [6.07, 6.45) is 0.0905. The van der Waals surface area contributed by atoms with Gasteiger partial charge in [-0.3, -0.25) is 14.9 Å². The van der Waals surface area contributed by atoms with Crippen molar-refractivity contribution in [1.82, 2.24) is 0 Å². The molecule has 0 atom stereocenters. The second-order valence-electron chi connectivity index (χ2n) is 3.45. The molecule has 88 valence electrons. The average Bonchev–Trinajstić information content (AvgIpc) is 2.28. The lowest BCUT2D eigenvalue weighted by Gasteiger charge is -2.17. The number of aromatic carboxylic acids is 1. The molecule has 0 aliphatic carbocycles. The normalized spacial score (nSPS) is 13.8. The van der Waals surface area contributed by atoms with Gasteiger partial charge >= 0.3 is 5.97 Å². The van der Waals surface area contributed by atoms with E-state index < -0.39 is 16.6 Å². The van der Waals surface area contributed by atoms with Crippen LogP contribution in [0, 0.1) is 10.1 Å². The molecular weight excluding hydrogens is 230 g/mol. The number of nitrogens with zero attached hydrogens (tertiary/aromatic N) is 1. The first-order valence-electron chi connectivity index (χ1n) is 4.72. The number of carboxylic acid groups (broad SMARTS) is 1. The Bertz CT molecular complexity index is 519. The number of carbonyl (C=O) groups is 2. The van der Waals surface area contributed by atoms with Crippen LogP contribution in [-0.2, 0) is 0 Å². The van der Waals surface area contributed by atoms with E-state index in [1.807, 2.05) is 0 Å². The molecule has 0 unspecified atom stereocenters. The Kier molecular flexibility index (Phi) is 2.51. The summed E-state index contributed by atoms with van der Waals surface area (Å²) < 4.78 is 5.10. The highest BCUT2D eigenvalue weighted by Crippen LogP contribution is 2.33. The minimum absolute atomic E-state index is 0.0390. The lowest BCUT2D eigenvalue weighted by molar-refractivity contribution is -0.384. The van der Waals surface area contributed by atoms with E-state index in [-0.39, 0.29) is 35.7 Å². The summed E-state index contributed by atoms with van der Waals surface area (Å²) in [5.41, 5.74) is -0.829. The number of nitro groups is 1. The van der Waals surface area contributed by atoms with E-state index in [9.17, 15) is 19.7 Å². The Hall–Kier alpha value is -2.44. The highest BCUT2D eigenvalue weighted by atomic mass is 16.6. The van der Waals surface area contributed by atoms with Gasteiger partial charge in [-0.05, 0) is 0 Å². The van der Waals surface area contributed by atoms with Crippen LogP contribution in [0.2, 0.25) is 0 Å². The zero-order valence-electron chi connectivity index (χ0n) is 8.50. The molecule has 2 rings (SSSR count). The quantitative estimate of drug-likeness (QED) is 0.612. The number of nitro benzene ring substituents is 1. The number of ether oxygens (including phenoxy) is 1. The number of non-ortho nitro benzene ring substituents is 1. The Balaban J connectivity index is 2.70. The molecule has 0 aromatic heterocycles. The Morgan fingerprint density at radius 3 is 2.76 bits per heavy atom. The number of carboxylic acids is 1. The second-order valence-corrected chi connectivity index (χ2v) is 3.45. The molecule has 0 saturated carbocycles. The van der Waals surface area contributed by atoms with E-state index in [1.54, 1.807) is 0 Å². The van der Waals surface area contributed by atoms with Crippen molar-refractivity contribution in [3.63, 3.8) is 0 Å². The number of hydrogen-bond acceptors (Lipinski definition) is 5. The zero-order valence-corrected chi connectivity index (χ0v) is 8.50. The molecule has 1 aliphatic rings. The van der Waals surface area contributed by atoms with Crippen LogP contribution < -0.4 is 4.74 Å². The molecule has 0 bridgehead atoms. The van der Waals surface area contributed by atoms with Gasteiger partial charge in [-0.25, -0.2) is 4.79 Å². The number of ketones is 1. The SMILES string of the molecule is O=C(O)c1cc([N+](=O)[O-])cc2c1OCCC2=O. The Labute approximate surface area is 94.8 Å². The minimum atomic E-state index is -1.36. The summed E-state index contributed by atoms with van der Waals surface area (Å²) in [6.45, 7) is 0.0872. The lowest BCUT2D eigenvalue weighted by Crippen LogP contribution is -2.18. The van der Waals surface area contributed by atoms with Gasteiger partial charge in [0.1, 0.15) is 11.3 Å². The molecule has 1 aromatic carbocycles. The first kappa shape index (κ1) is 11.1. The topological polar surface area (TPSA) is 107 Å². The Morgan fingerprint density at radius 2 is 2.18 bits per heavy atom. The van der Waals surface area contributed by atoms with Gasteiger partial charge in [0, 0.05) is 18.6 Å². The fraction of sp³-hybridized carbons (Fsp3) is 0.200. The van der Waals surface area contributed by atoms with E-state index in [1.165, 1.54) is 0 Å². The highest BCUT2D eigenvalue weighted by Gasteiger charge is 2.28. The predicted octanol–water partition coefficient (Wildman–Crippen LogP) is 1.26. The maximum atomic E-state index is 11.5. The number of carbonyl (C=O) groups excluding carboxylic acids is 1. The summed E-state index contributed by atoms with van der Waals surface area (Å²) in [5.74, 6) is -1.79. The van der Waals surface area contributed by atoms with Crippen molar-refractivity contribution in [1.29, 1.82) is 0 Å². The van der Waals surface area contributed by atoms with Crippen molar-refractivity contribution < 1.29 is 24.4 Å². The van der Waals surface area contributed by atoms with E-state index in [0.29, 0.717) is 0 Å². The van der Waals surface area contributed by atoms with Crippen LogP contribution in [0.4, 0.5) is 5.69 Å². The average molecular weight is 237 g/mol. The molecule has 7 heteroatoms. The van der Waals surface area contributed by atoms with Gasteiger partial charge in [-0.1, -0.05) is 0 Å². The van der Waals surface area contributed by atoms with Crippen LogP contribution >= 0.6 is 0 Å². The van der Waals surface area contributed by atoms with E-state index in [0.717, 1.165) is 12.1 Å². The molecule has 0 saturated heterocycles. The van der Waals surface area contributed by atoms with Gasteiger partial charge in [0.05, 0.1) is 17.1 Å². The van der Waals surface area contributed by atoms with Gasteiger partial charge in [-0.15, -0.1) is 0 Å². The fourth-order valence-electron chi connectivity index (χ4n) is 1.62. The number of fused-ring (bicyclic) bond motifs is 1. The van der Waals surface area contributed by atoms with Crippen molar-refractivity contribution in [2.45, 2.75) is 6.42 Å². The molecule has 1 heterocycles. The van der Waals surface area contributed by atoms with Crippen molar-refractivity contribution in [2.75, 3.05) is 6.61 Å². The maximum absolute atomic E-state index is 11.5. The van der Waals surface area contributed by atoms with Crippen molar-refractivity contribution >= 4 is 17.4 Å². The molecule has 7 nitrogen and oxygen atoms in total.